The van der Waals surface area contributed by atoms with Crippen molar-refractivity contribution in [3.63, 3.8) is 0 Å². The molecule has 0 unspecified atom stereocenters. The van der Waals surface area contributed by atoms with Gasteiger partial charge < -0.3 is 15.4 Å². The average Bonchev–Trinajstić information content (AvgIpc) is 3.00. The summed E-state index contributed by atoms with van der Waals surface area (Å²) in [5.41, 5.74) is 2.02. The van der Waals surface area contributed by atoms with Crippen molar-refractivity contribution >= 4 is 33.1 Å². The number of hydrogen-bond acceptors (Lipinski definition) is 6. The zero-order valence-corrected chi connectivity index (χ0v) is 16.8. The van der Waals surface area contributed by atoms with E-state index in [-0.39, 0.29) is 16.6 Å². The molecule has 0 spiro atoms. The van der Waals surface area contributed by atoms with Crippen molar-refractivity contribution in [2.24, 2.45) is 4.40 Å². The van der Waals surface area contributed by atoms with Gasteiger partial charge in [0.05, 0.1) is 6.61 Å². The molecule has 1 aliphatic rings. The second-order valence-corrected chi connectivity index (χ2v) is 7.93. The Kier molecular flexibility index (Phi) is 5.20. The number of sulfonamides is 1. The Bertz CT molecular complexity index is 1240. The number of pyridine rings is 1. The smallest absolute Gasteiger partial charge is 0.285 e. The van der Waals surface area contributed by atoms with Crippen molar-refractivity contribution in [2.75, 3.05) is 17.2 Å². The third-order valence-corrected chi connectivity index (χ3v) is 5.68. The number of benzene rings is 2. The molecular weight excluding hydrogens is 404 g/mol. The number of amides is 1. The summed E-state index contributed by atoms with van der Waals surface area (Å²) in [6, 6.07) is 16.6. The average molecular weight is 422 g/mol. The van der Waals surface area contributed by atoms with Crippen molar-refractivity contribution in [3.05, 3.63) is 78.0 Å². The number of nitrogens with zero attached hydrogens (tertiary/aromatic N) is 2. The van der Waals surface area contributed by atoms with E-state index in [1.807, 2.05) is 6.92 Å². The first-order valence-electron chi connectivity index (χ1n) is 9.18. The third-order valence-electron chi connectivity index (χ3n) is 4.34. The number of carbonyl (C=O) groups is 1. The standard InChI is InChI=1S/C21H18N4O4S/c1-2-29-21-17(7-5-13-22-21)24-20(26)14-9-11-15(12-10-14)23-19-16-6-3-4-8-18(16)30(27,28)25-19/h3-13H,2H2,1H3,(H,23,25)(H,24,26). The Morgan fingerprint density at radius 1 is 1.03 bits per heavy atom. The molecule has 0 fully saturated rings. The van der Waals surface area contributed by atoms with E-state index in [2.05, 4.69) is 20.0 Å². The molecule has 0 saturated carbocycles. The van der Waals surface area contributed by atoms with Crippen LogP contribution in [0.2, 0.25) is 0 Å². The first-order valence-corrected chi connectivity index (χ1v) is 10.6. The molecule has 30 heavy (non-hydrogen) atoms. The molecule has 1 aromatic heterocycles. The van der Waals surface area contributed by atoms with Gasteiger partial charge in [-0.1, -0.05) is 12.1 Å². The number of carbonyl (C=O) groups excluding carboxylic acids is 1. The van der Waals surface area contributed by atoms with Crippen molar-refractivity contribution in [3.8, 4) is 5.88 Å². The fourth-order valence-corrected chi connectivity index (χ4v) is 4.15. The minimum Gasteiger partial charge on any atom is -0.476 e. The Labute approximate surface area is 173 Å². The van der Waals surface area contributed by atoms with Crippen molar-refractivity contribution < 1.29 is 17.9 Å². The van der Waals surface area contributed by atoms with Gasteiger partial charge >= 0.3 is 0 Å². The summed E-state index contributed by atoms with van der Waals surface area (Å²) >= 11 is 0. The van der Waals surface area contributed by atoms with Gasteiger partial charge in [0, 0.05) is 23.0 Å². The molecule has 1 aliphatic heterocycles. The number of hydrogen-bond donors (Lipinski definition) is 2. The summed E-state index contributed by atoms with van der Waals surface area (Å²) in [5, 5.41) is 5.78. The van der Waals surface area contributed by atoms with E-state index in [1.54, 1.807) is 60.8 Å². The van der Waals surface area contributed by atoms with Crippen molar-refractivity contribution in [1.29, 1.82) is 0 Å². The molecule has 4 rings (SSSR count). The normalized spacial score (nSPS) is 13.8. The van der Waals surface area contributed by atoms with E-state index in [0.29, 0.717) is 35.0 Å². The Hall–Kier alpha value is -3.72. The van der Waals surface area contributed by atoms with Gasteiger partial charge in [-0.25, -0.2) is 4.98 Å². The van der Waals surface area contributed by atoms with Crippen LogP contribution in [0.4, 0.5) is 11.4 Å². The molecule has 0 aliphatic carbocycles. The van der Waals surface area contributed by atoms with Gasteiger partial charge in [-0.3, -0.25) is 4.79 Å². The van der Waals surface area contributed by atoms with Crippen LogP contribution in [-0.2, 0) is 10.0 Å². The van der Waals surface area contributed by atoms with Crippen molar-refractivity contribution in [2.45, 2.75) is 11.8 Å². The van der Waals surface area contributed by atoms with Crippen LogP contribution in [-0.4, -0.2) is 31.8 Å². The molecule has 0 bridgehead atoms. The highest BCUT2D eigenvalue weighted by atomic mass is 32.2. The molecule has 2 N–H and O–H groups in total. The third kappa shape index (κ3) is 3.87. The summed E-state index contributed by atoms with van der Waals surface area (Å²) in [4.78, 5) is 16.8. The van der Waals surface area contributed by atoms with Gasteiger partial charge in [0.25, 0.3) is 15.9 Å². The van der Waals surface area contributed by atoms with Crippen LogP contribution in [0.3, 0.4) is 0 Å². The Morgan fingerprint density at radius 2 is 1.80 bits per heavy atom. The lowest BCUT2D eigenvalue weighted by molar-refractivity contribution is 0.102. The predicted octanol–water partition coefficient (Wildman–Crippen LogP) is 3.29. The second kappa shape index (κ2) is 7.96. The minimum atomic E-state index is -3.70. The number of anilines is 2. The zero-order chi connectivity index (χ0) is 21.1. The van der Waals surface area contributed by atoms with Crippen LogP contribution in [0.5, 0.6) is 5.88 Å². The van der Waals surface area contributed by atoms with Crippen LogP contribution in [0.15, 0.2) is 76.2 Å². The zero-order valence-electron chi connectivity index (χ0n) is 16.0. The Morgan fingerprint density at radius 3 is 2.57 bits per heavy atom. The molecule has 2 aromatic carbocycles. The summed E-state index contributed by atoms with van der Waals surface area (Å²) in [6.45, 7) is 2.27. The molecule has 0 atom stereocenters. The highest BCUT2D eigenvalue weighted by molar-refractivity contribution is 7.90. The van der Waals surface area contributed by atoms with Crippen LogP contribution >= 0.6 is 0 Å². The molecular formula is C21H18N4O4S. The van der Waals surface area contributed by atoms with E-state index in [1.165, 1.54) is 6.07 Å². The largest absolute Gasteiger partial charge is 0.476 e. The molecule has 152 valence electrons. The SMILES string of the molecule is CCOc1ncccc1NC(=O)c1ccc(NC2=NS(=O)(=O)c3ccccc32)cc1. The number of amidine groups is 1. The first-order chi connectivity index (χ1) is 14.5. The molecule has 0 radical (unpaired) electrons. The second-order valence-electron chi connectivity index (χ2n) is 6.36. The summed E-state index contributed by atoms with van der Waals surface area (Å²) in [7, 11) is -3.70. The maximum atomic E-state index is 12.6. The molecule has 3 aromatic rings. The van der Waals surface area contributed by atoms with Gasteiger partial charge in [0.1, 0.15) is 10.6 Å². The van der Waals surface area contributed by atoms with Gasteiger partial charge in [-0.2, -0.15) is 8.42 Å². The van der Waals surface area contributed by atoms with Gasteiger partial charge in [-0.05, 0) is 55.5 Å². The van der Waals surface area contributed by atoms with E-state index in [9.17, 15) is 13.2 Å². The summed E-state index contributed by atoms with van der Waals surface area (Å²) < 4.78 is 33.5. The molecule has 0 saturated heterocycles. The molecule has 9 heteroatoms. The van der Waals surface area contributed by atoms with Gasteiger partial charge in [0.2, 0.25) is 5.88 Å². The fourth-order valence-electron chi connectivity index (χ4n) is 2.97. The van der Waals surface area contributed by atoms with Crippen LogP contribution in [0.25, 0.3) is 0 Å². The van der Waals surface area contributed by atoms with Gasteiger partial charge in [-0.15, -0.1) is 4.40 Å². The summed E-state index contributed by atoms with van der Waals surface area (Å²) in [6.07, 6.45) is 1.59. The summed E-state index contributed by atoms with van der Waals surface area (Å²) in [5.74, 6) is 0.284. The number of fused-ring (bicyclic) bond motifs is 1. The monoisotopic (exact) mass is 422 g/mol. The predicted molar refractivity (Wildman–Crippen MR) is 114 cm³/mol. The Balaban J connectivity index is 1.50. The fraction of sp³-hybridized carbons (Fsp3) is 0.0952. The van der Waals surface area contributed by atoms with Crippen LogP contribution < -0.4 is 15.4 Å². The highest BCUT2D eigenvalue weighted by Crippen LogP contribution is 2.27. The number of ether oxygens (including phenoxy) is 1. The highest BCUT2D eigenvalue weighted by Gasteiger charge is 2.28. The number of nitrogens with one attached hydrogen (secondary N) is 2. The number of rotatable bonds is 5. The molecule has 1 amide bonds. The van der Waals surface area contributed by atoms with E-state index >= 15 is 0 Å². The quantitative estimate of drug-likeness (QED) is 0.653. The maximum absolute atomic E-state index is 12.6. The number of aromatic nitrogens is 1. The minimum absolute atomic E-state index is 0.171. The van der Waals surface area contributed by atoms with Crippen molar-refractivity contribution in [1.82, 2.24) is 4.98 Å². The lowest BCUT2D eigenvalue weighted by atomic mass is 10.1. The van der Waals surface area contributed by atoms with Gasteiger partial charge in [0.15, 0.2) is 5.84 Å². The maximum Gasteiger partial charge on any atom is 0.285 e. The van der Waals surface area contributed by atoms with E-state index in [0.717, 1.165) is 0 Å². The lowest BCUT2D eigenvalue weighted by Gasteiger charge is -2.11. The lowest BCUT2D eigenvalue weighted by Crippen LogP contribution is -2.14. The first kappa shape index (κ1) is 19.6. The van der Waals surface area contributed by atoms with E-state index in [4.69, 9.17) is 4.74 Å². The molecule has 2 heterocycles. The van der Waals surface area contributed by atoms with Crippen LogP contribution in [0, 0.1) is 0 Å². The molecule has 8 nitrogen and oxygen atoms in total. The topological polar surface area (TPSA) is 110 Å². The van der Waals surface area contributed by atoms with Crippen LogP contribution in [0.1, 0.15) is 22.8 Å². The van der Waals surface area contributed by atoms with E-state index < -0.39 is 10.0 Å².